The Kier molecular flexibility index (Phi) is 8.29. The first kappa shape index (κ1) is 21.4. The number of hydrogen-bond donors (Lipinski definition) is 0. The lowest BCUT2D eigenvalue weighted by Crippen LogP contribution is -2.24. The zero-order chi connectivity index (χ0) is 19.8. The molecular formula is C22H30F2O3. The lowest BCUT2D eigenvalue weighted by molar-refractivity contribution is 0.00203. The van der Waals surface area contributed by atoms with Gasteiger partial charge in [0.05, 0.1) is 19.8 Å². The first-order chi connectivity index (χ1) is 13.0. The molecule has 2 atom stereocenters. The molecule has 1 aliphatic heterocycles. The van der Waals surface area contributed by atoms with E-state index in [-0.39, 0.29) is 24.5 Å². The molecule has 0 aromatic heterocycles. The smallest absolute Gasteiger partial charge is 0.199 e. The summed E-state index contributed by atoms with van der Waals surface area (Å²) in [6.45, 7) is 6.20. The Balaban J connectivity index is 1.98. The zero-order valence-electron chi connectivity index (χ0n) is 16.7. The molecule has 0 N–H and O–H groups in total. The van der Waals surface area contributed by atoms with Crippen LogP contribution in [0.25, 0.3) is 0 Å². The summed E-state index contributed by atoms with van der Waals surface area (Å²) in [5.41, 5.74) is 2.16. The van der Waals surface area contributed by atoms with Gasteiger partial charge in [-0.2, -0.15) is 8.78 Å². The van der Waals surface area contributed by atoms with Crippen LogP contribution in [0.3, 0.4) is 0 Å². The summed E-state index contributed by atoms with van der Waals surface area (Å²) in [5.74, 6) is -1.72. The van der Waals surface area contributed by atoms with Crippen LogP contribution in [0.1, 0.15) is 63.5 Å². The van der Waals surface area contributed by atoms with E-state index < -0.39 is 11.7 Å². The van der Waals surface area contributed by atoms with Crippen LogP contribution in [0.15, 0.2) is 47.4 Å². The van der Waals surface area contributed by atoms with Crippen LogP contribution in [0.5, 0.6) is 0 Å². The molecule has 0 spiro atoms. The van der Waals surface area contributed by atoms with Gasteiger partial charge in [0.25, 0.3) is 0 Å². The van der Waals surface area contributed by atoms with Crippen molar-refractivity contribution in [1.82, 2.24) is 0 Å². The fraction of sp³-hybridized carbons (Fsp3) is 0.545. The van der Waals surface area contributed by atoms with Crippen LogP contribution in [0.2, 0.25) is 0 Å². The van der Waals surface area contributed by atoms with Crippen molar-refractivity contribution < 1.29 is 23.0 Å². The van der Waals surface area contributed by atoms with Gasteiger partial charge in [0.1, 0.15) is 18.1 Å². The molecule has 3 nitrogen and oxygen atoms in total. The maximum Gasteiger partial charge on any atom is 0.199 e. The van der Waals surface area contributed by atoms with Gasteiger partial charge in [0, 0.05) is 12.3 Å². The van der Waals surface area contributed by atoms with Gasteiger partial charge in [-0.05, 0) is 37.3 Å². The van der Waals surface area contributed by atoms with Crippen LogP contribution in [0.4, 0.5) is 8.78 Å². The minimum absolute atomic E-state index is 0.0146. The number of halogens is 2. The lowest BCUT2D eigenvalue weighted by Gasteiger charge is -2.28. The van der Waals surface area contributed by atoms with Crippen molar-refractivity contribution >= 4 is 0 Å². The summed E-state index contributed by atoms with van der Waals surface area (Å²) in [7, 11) is 1.30. The molecule has 2 unspecified atom stereocenters. The summed E-state index contributed by atoms with van der Waals surface area (Å²) in [6, 6.07) is 8.08. The molecule has 0 bridgehead atoms. The van der Waals surface area contributed by atoms with Crippen LogP contribution in [-0.4, -0.2) is 19.8 Å². The van der Waals surface area contributed by atoms with Gasteiger partial charge in [-0.3, -0.25) is 0 Å². The SMILES string of the molecule is CC/C(OCc1ccc(C2CCC(CC)OC2)cc1)=C(F)\C(F)=C(/C)OC. The number of ether oxygens (including phenoxy) is 3. The third-order valence-corrected chi connectivity index (χ3v) is 5.06. The maximum absolute atomic E-state index is 14.2. The highest BCUT2D eigenvalue weighted by Gasteiger charge is 2.21. The van der Waals surface area contributed by atoms with Crippen LogP contribution in [0, 0.1) is 0 Å². The molecule has 1 aromatic carbocycles. The molecule has 2 rings (SSSR count). The summed E-state index contributed by atoms with van der Waals surface area (Å²) >= 11 is 0. The summed E-state index contributed by atoms with van der Waals surface area (Å²) < 4.78 is 44.2. The molecule has 1 aliphatic rings. The van der Waals surface area contributed by atoms with Gasteiger partial charge in [0.15, 0.2) is 11.7 Å². The molecule has 0 amide bonds. The third kappa shape index (κ3) is 5.80. The van der Waals surface area contributed by atoms with Crippen molar-refractivity contribution in [3.8, 4) is 0 Å². The second-order valence-electron chi connectivity index (χ2n) is 6.83. The van der Waals surface area contributed by atoms with Crippen molar-refractivity contribution in [1.29, 1.82) is 0 Å². The standard InChI is InChI=1S/C22H30F2O3/c1-5-19-12-11-18(14-26-19)17-9-7-16(8-10-17)13-27-20(6-2)22(24)21(23)15(3)25-4/h7-10,18-19H,5-6,11-14H2,1-4H3/b21-15-,22-20-. The molecule has 27 heavy (non-hydrogen) atoms. The van der Waals surface area contributed by atoms with Gasteiger partial charge < -0.3 is 14.2 Å². The highest BCUT2D eigenvalue weighted by atomic mass is 19.2. The fourth-order valence-corrected chi connectivity index (χ4v) is 3.13. The van der Waals surface area contributed by atoms with Gasteiger partial charge in [0.2, 0.25) is 0 Å². The van der Waals surface area contributed by atoms with E-state index in [4.69, 9.17) is 14.2 Å². The number of rotatable bonds is 8. The molecule has 5 heteroatoms. The van der Waals surface area contributed by atoms with Gasteiger partial charge in [-0.15, -0.1) is 0 Å². The third-order valence-electron chi connectivity index (χ3n) is 5.06. The van der Waals surface area contributed by atoms with E-state index in [2.05, 4.69) is 19.1 Å². The van der Waals surface area contributed by atoms with Gasteiger partial charge in [-0.1, -0.05) is 38.1 Å². The largest absolute Gasteiger partial charge is 0.498 e. The van der Waals surface area contributed by atoms with E-state index in [0.717, 1.165) is 31.4 Å². The number of methoxy groups -OCH3 is 1. The Hall–Kier alpha value is -1.88. The van der Waals surface area contributed by atoms with Crippen molar-refractivity contribution in [2.24, 2.45) is 0 Å². The molecule has 0 aliphatic carbocycles. The Morgan fingerprint density at radius 3 is 2.33 bits per heavy atom. The quantitative estimate of drug-likeness (QED) is 0.390. The van der Waals surface area contributed by atoms with Crippen molar-refractivity contribution in [3.63, 3.8) is 0 Å². The Morgan fingerprint density at radius 2 is 1.81 bits per heavy atom. The van der Waals surface area contributed by atoms with Gasteiger partial charge >= 0.3 is 0 Å². The van der Waals surface area contributed by atoms with Gasteiger partial charge in [-0.25, -0.2) is 0 Å². The number of hydrogen-bond acceptors (Lipinski definition) is 3. The van der Waals surface area contributed by atoms with E-state index in [1.807, 2.05) is 12.1 Å². The molecule has 150 valence electrons. The topological polar surface area (TPSA) is 27.7 Å². The molecular weight excluding hydrogens is 350 g/mol. The van der Waals surface area contributed by atoms with E-state index in [9.17, 15) is 8.78 Å². The van der Waals surface area contributed by atoms with E-state index in [1.54, 1.807) is 6.92 Å². The van der Waals surface area contributed by atoms with Crippen LogP contribution in [-0.2, 0) is 20.8 Å². The minimum atomic E-state index is -1.02. The van der Waals surface area contributed by atoms with E-state index >= 15 is 0 Å². The van der Waals surface area contributed by atoms with Crippen LogP contribution >= 0.6 is 0 Å². The highest BCUT2D eigenvalue weighted by Crippen LogP contribution is 2.30. The predicted molar refractivity (Wildman–Crippen MR) is 102 cm³/mol. The van der Waals surface area contributed by atoms with E-state index in [1.165, 1.54) is 19.6 Å². The lowest BCUT2D eigenvalue weighted by atomic mass is 9.90. The summed E-state index contributed by atoms with van der Waals surface area (Å²) in [5, 5.41) is 0. The minimum Gasteiger partial charge on any atom is -0.498 e. The monoisotopic (exact) mass is 380 g/mol. The molecule has 1 aromatic rings. The fourth-order valence-electron chi connectivity index (χ4n) is 3.13. The maximum atomic E-state index is 14.2. The predicted octanol–water partition coefficient (Wildman–Crippen LogP) is 6.31. The Morgan fingerprint density at radius 1 is 1.11 bits per heavy atom. The average Bonchev–Trinajstić information content (AvgIpc) is 2.73. The molecule has 0 saturated carbocycles. The highest BCUT2D eigenvalue weighted by molar-refractivity contribution is 5.27. The van der Waals surface area contributed by atoms with Crippen molar-refractivity contribution in [2.75, 3.05) is 13.7 Å². The first-order valence-corrected chi connectivity index (χ1v) is 9.62. The Labute approximate surface area is 161 Å². The molecule has 0 radical (unpaired) electrons. The second-order valence-corrected chi connectivity index (χ2v) is 6.83. The first-order valence-electron chi connectivity index (χ1n) is 9.62. The summed E-state index contributed by atoms with van der Waals surface area (Å²) in [4.78, 5) is 0. The van der Waals surface area contributed by atoms with Crippen molar-refractivity contribution in [3.05, 3.63) is 58.6 Å². The second kappa shape index (κ2) is 10.5. The van der Waals surface area contributed by atoms with Crippen molar-refractivity contribution in [2.45, 2.75) is 65.1 Å². The zero-order valence-corrected chi connectivity index (χ0v) is 16.7. The van der Waals surface area contributed by atoms with E-state index in [0.29, 0.717) is 12.0 Å². The molecule has 1 saturated heterocycles. The number of allylic oxidation sites excluding steroid dienone is 4. The average molecular weight is 380 g/mol. The van der Waals surface area contributed by atoms with Crippen LogP contribution < -0.4 is 0 Å². The summed E-state index contributed by atoms with van der Waals surface area (Å²) in [6.07, 6.45) is 3.93. The molecule has 1 heterocycles. The number of benzene rings is 1. The Bertz CT molecular complexity index is 657. The molecule has 1 fully saturated rings. The normalized spacial score (nSPS) is 22.0.